The van der Waals surface area contributed by atoms with Gasteiger partial charge in [-0.2, -0.15) is 4.98 Å². The molecule has 0 aliphatic carbocycles. The molecule has 0 aliphatic rings. The van der Waals surface area contributed by atoms with Gasteiger partial charge in [-0.1, -0.05) is 42.5 Å². The molecule has 3 aromatic carbocycles. The number of benzene rings is 3. The highest BCUT2D eigenvalue weighted by Gasteiger charge is 2.08. The average molecular weight is 380 g/mol. The molecule has 6 heteroatoms. The maximum atomic E-state index is 13.1. The van der Waals surface area contributed by atoms with Crippen molar-refractivity contribution in [2.24, 2.45) is 0 Å². The fourth-order valence-electron chi connectivity index (χ4n) is 2.71. The number of nitrogens with zero attached hydrogens (tertiary/aromatic N) is 2. The van der Waals surface area contributed by atoms with Crippen molar-refractivity contribution in [2.45, 2.75) is 6.54 Å². The van der Waals surface area contributed by atoms with Crippen LogP contribution in [0, 0.1) is 5.82 Å². The predicted molar refractivity (Wildman–Crippen MR) is 103 cm³/mol. The van der Waals surface area contributed by atoms with Crippen LogP contribution in [0.4, 0.5) is 21.8 Å². The minimum atomic E-state index is -0.278. The summed E-state index contributed by atoms with van der Waals surface area (Å²) in [5, 5.41) is 7.47. The zero-order valence-electron chi connectivity index (χ0n) is 14.4. The van der Waals surface area contributed by atoms with Crippen molar-refractivity contribution in [1.82, 2.24) is 9.97 Å². The van der Waals surface area contributed by atoms with Crippen LogP contribution < -0.4 is 23.0 Å². The average Bonchev–Trinajstić information content (AvgIpc) is 2.69. The first-order valence-corrected chi connectivity index (χ1v) is 8.35. The van der Waals surface area contributed by atoms with Gasteiger partial charge < -0.3 is 23.0 Å². The molecule has 4 aromatic rings. The van der Waals surface area contributed by atoms with E-state index >= 15 is 0 Å². The van der Waals surface area contributed by atoms with Gasteiger partial charge in [0.05, 0.1) is 5.52 Å². The predicted octanol–water partition coefficient (Wildman–Crippen LogP) is 2.13. The number of hydrogen-bond donors (Lipinski definition) is 2. The van der Waals surface area contributed by atoms with E-state index in [0.717, 1.165) is 22.4 Å². The lowest BCUT2D eigenvalue weighted by atomic mass is 10.2. The van der Waals surface area contributed by atoms with Crippen LogP contribution in [-0.4, -0.2) is 9.97 Å². The third kappa shape index (κ3) is 4.51. The monoisotopic (exact) mass is 379 g/mol. The van der Waals surface area contributed by atoms with Gasteiger partial charge >= 0.3 is 0 Å². The molecule has 136 valence electrons. The second-order valence-electron chi connectivity index (χ2n) is 5.88. The van der Waals surface area contributed by atoms with E-state index in [1.807, 2.05) is 42.5 Å². The van der Waals surface area contributed by atoms with E-state index in [1.165, 1.54) is 17.7 Å². The molecule has 27 heavy (non-hydrogen) atoms. The van der Waals surface area contributed by atoms with E-state index in [4.69, 9.17) is 0 Å². The van der Waals surface area contributed by atoms with Crippen molar-refractivity contribution in [2.75, 3.05) is 10.6 Å². The summed E-state index contributed by atoms with van der Waals surface area (Å²) < 4.78 is 13.1. The van der Waals surface area contributed by atoms with Gasteiger partial charge in [0.2, 0.25) is 5.95 Å². The Labute approximate surface area is 162 Å². The van der Waals surface area contributed by atoms with E-state index in [-0.39, 0.29) is 18.2 Å². The number of hydrogen-bond acceptors (Lipinski definition) is 4. The van der Waals surface area contributed by atoms with Crippen LogP contribution in [0.25, 0.3) is 10.9 Å². The molecule has 0 atom stereocenters. The number of fused-ring (bicyclic) bond motifs is 1. The fraction of sp³-hybridized carbons (Fsp3) is 0.0476. The highest BCUT2D eigenvalue weighted by Crippen LogP contribution is 2.24. The topological polar surface area (TPSA) is 49.8 Å². The molecule has 0 radical (unpaired) electrons. The van der Waals surface area contributed by atoms with Gasteiger partial charge in [0.15, 0.2) is 0 Å². The van der Waals surface area contributed by atoms with Gasteiger partial charge in [-0.15, -0.1) is 0 Å². The highest BCUT2D eigenvalue weighted by atomic mass is 35.5. The van der Waals surface area contributed by atoms with Crippen molar-refractivity contribution in [3.8, 4) is 0 Å². The molecule has 4 nitrogen and oxygen atoms in total. The van der Waals surface area contributed by atoms with E-state index in [2.05, 4.69) is 32.7 Å². The molecule has 0 fully saturated rings. The molecular weight excluding hydrogens is 363 g/mol. The molecule has 2 N–H and O–H groups in total. The van der Waals surface area contributed by atoms with Crippen LogP contribution in [0.5, 0.6) is 0 Å². The molecule has 1 aromatic heterocycles. The molecule has 0 amide bonds. The molecule has 0 saturated heterocycles. The Balaban J connectivity index is 0.00000210. The van der Waals surface area contributed by atoms with Crippen LogP contribution >= 0.6 is 0 Å². The largest absolute Gasteiger partial charge is 1.00 e. The second-order valence-corrected chi connectivity index (χ2v) is 5.88. The van der Waals surface area contributed by atoms with Crippen molar-refractivity contribution in [3.63, 3.8) is 0 Å². The van der Waals surface area contributed by atoms with Crippen LogP contribution in [0.2, 0.25) is 0 Å². The first-order chi connectivity index (χ1) is 12.8. The molecule has 1 heterocycles. The summed E-state index contributed by atoms with van der Waals surface area (Å²) in [6.45, 7) is 0.665. The Kier molecular flexibility index (Phi) is 5.84. The third-order valence-corrected chi connectivity index (χ3v) is 4.01. The van der Waals surface area contributed by atoms with Crippen molar-refractivity contribution in [1.29, 1.82) is 0 Å². The fourth-order valence-corrected chi connectivity index (χ4v) is 2.71. The quantitative estimate of drug-likeness (QED) is 0.558. The summed E-state index contributed by atoms with van der Waals surface area (Å²) >= 11 is 0. The summed E-state index contributed by atoms with van der Waals surface area (Å²) in [7, 11) is 0. The molecule has 0 saturated carbocycles. The van der Waals surface area contributed by atoms with Gasteiger partial charge in [0, 0.05) is 17.6 Å². The SMILES string of the molecule is Fc1ccc(Nc2nc(NCc3ccccc3)c3ccccc3n2)cc1.[Cl-]. The zero-order chi connectivity index (χ0) is 17.8. The van der Waals surface area contributed by atoms with Crippen molar-refractivity contribution in [3.05, 3.63) is 90.2 Å². The zero-order valence-corrected chi connectivity index (χ0v) is 15.1. The molecular formula is C21H17ClFN4-. The standard InChI is InChI=1S/C21H17FN4.ClH/c22-16-10-12-17(13-11-16)24-21-25-19-9-5-4-8-18(19)20(26-21)23-14-15-6-2-1-3-7-15;/h1-13H,14H2,(H2,23,24,25,26);1H/p-1. The lowest BCUT2D eigenvalue weighted by molar-refractivity contribution is -0.00000587. The Morgan fingerprint density at radius 1 is 0.778 bits per heavy atom. The number of halogens is 2. The maximum absolute atomic E-state index is 13.1. The number of para-hydroxylation sites is 1. The van der Waals surface area contributed by atoms with E-state index in [0.29, 0.717) is 12.5 Å². The molecule has 0 unspecified atom stereocenters. The minimum Gasteiger partial charge on any atom is -1.00 e. The van der Waals surface area contributed by atoms with Gasteiger partial charge in [-0.05, 0) is 42.0 Å². The van der Waals surface area contributed by atoms with Crippen LogP contribution in [0.15, 0.2) is 78.9 Å². The summed E-state index contributed by atoms with van der Waals surface area (Å²) in [4.78, 5) is 9.16. The Bertz CT molecular complexity index is 1020. The van der Waals surface area contributed by atoms with Crippen molar-refractivity contribution < 1.29 is 16.8 Å². The highest BCUT2D eigenvalue weighted by molar-refractivity contribution is 5.90. The molecule has 0 spiro atoms. The summed E-state index contributed by atoms with van der Waals surface area (Å²) in [6.07, 6.45) is 0. The van der Waals surface area contributed by atoms with Crippen LogP contribution in [-0.2, 0) is 6.54 Å². The van der Waals surface area contributed by atoms with Gasteiger partial charge in [-0.25, -0.2) is 9.37 Å². The first-order valence-electron chi connectivity index (χ1n) is 8.35. The Hall–Kier alpha value is -3.18. The number of rotatable bonds is 5. The maximum Gasteiger partial charge on any atom is 0.229 e. The van der Waals surface area contributed by atoms with Crippen LogP contribution in [0.1, 0.15) is 5.56 Å². The molecule has 0 aliphatic heterocycles. The van der Waals surface area contributed by atoms with Gasteiger partial charge in [0.1, 0.15) is 11.6 Å². The summed E-state index contributed by atoms with van der Waals surface area (Å²) in [5.41, 5.74) is 2.74. The second kappa shape index (κ2) is 8.47. The van der Waals surface area contributed by atoms with Gasteiger partial charge in [-0.3, -0.25) is 0 Å². The van der Waals surface area contributed by atoms with E-state index in [1.54, 1.807) is 12.1 Å². The Morgan fingerprint density at radius 2 is 1.48 bits per heavy atom. The van der Waals surface area contributed by atoms with E-state index in [9.17, 15) is 4.39 Å². The first kappa shape index (κ1) is 18.6. The van der Waals surface area contributed by atoms with Gasteiger partial charge in [0.25, 0.3) is 0 Å². The number of nitrogens with one attached hydrogen (secondary N) is 2. The minimum absolute atomic E-state index is 0. The normalized spacial score (nSPS) is 10.3. The lowest BCUT2D eigenvalue weighted by Crippen LogP contribution is -3.00. The van der Waals surface area contributed by atoms with E-state index < -0.39 is 0 Å². The third-order valence-electron chi connectivity index (χ3n) is 4.01. The lowest BCUT2D eigenvalue weighted by Gasteiger charge is -2.12. The van der Waals surface area contributed by atoms with Crippen LogP contribution in [0.3, 0.4) is 0 Å². The molecule has 4 rings (SSSR count). The summed E-state index contributed by atoms with van der Waals surface area (Å²) in [5.74, 6) is 0.940. The molecule has 0 bridgehead atoms. The number of anilines is 3. The van der Waals surface area contributed by atoms with Crippen molar-refractivity contribution >= 4 is 28.4 Å². The Morgan fingerprint density at radius 3 is 2.26 bits per heavy atom. The summed E-state index contributed by atoms with van der Waals surface area (Å²) in [6, 6.07) is 24.1. The smallest absolute Gasteiger partial charge is 0.229 e. The number of aromatic nitrogens is 2.